The highest BCUT2D eigenvalue weighted by molar-refractivity contribution is 5.80. The van der Waals surface area contributed by atoms with E-state index in [1.165, 1.54) is 141 Å². The largest absolute Gasteiger partial charge is 0.394 e. The molecule has 0 aliphatic carbocycles. The molecule has 0 aromatic carbocycles. The highest BCUT2D eigenvalue weighted by Gasteiger charge is 2.44. The second-order valence-electron chi connectivity index (χ2n) is 18.2. The number of unbranched alkanes of at least 4 members (excludes halogenated alkanes) is 29. The van der Waals surface area contributed by atoms with Crippen molar-refractivity contribution in [1.82, 2.24) is 5.32 Å². The maximum atomic E-state index is 13.1. The first kappa shape index (κ1) is 57.9. The van der Waals surface area contributed by atoms with Crippen molar-refractivity contribution < 1.29 is 50.0 Å². The predicted molar refractivity (Wildman–Crippen MR) is 247 cm³/mol. The average Bonchev–Trinajstić information content (AvgIpc) is 3.26. The fourth-order valence-electron chi connectivity index (χ4n) is 8.32. The van der Waals surface area contributed by atoms with Gasteiger partial charge in [-0.05, 0) is 38.5 Å². The Morgan fingerprint density at radius 1 is 0.557 bits per heavy atom. The highest BCUT2D eigenvalue weighted by Crippen LogP contribution is 2.23. The summed E-state index contributed by atoms with van der Waals surface area (Å²) in [4.78, 5) is 13.1. The molecule has 0 bridgehead atoms. The first-order valence-corrected chi connectivity index (χ1v) is 25.6. The number of allylic oxidation sites excluding steroid dienone is 2. The van der Waals surface area contributed by atoms with E-state index in [0.717, 1.165) is 51.4 Å². The van der Waals surface area contributed by atoms with E-state index >= 15 is 0 Å². The van der Waals surface area contributed by atoms with Gasteiger partial charge in [0.05, 0.1) is 25.4 Å². The predicted octanol–water partition coefficient (Wildman–Crippen LogP) is 9.23. The van der Waals surface area contributed by atoms with Gasteiger partial charge in [0, 0.05) is 0 Å². The zero-order valence-electron chi connectivity index (χ0n) is 39.2. The molecule has 0 radical (unpaired) electrons. The van der Waals surface area contributed by atoms with E-state index < -0.39 is 74.2 Å². The van der Waals surface area contributed by atoms with Crippen LogP contribution in [-0.4, -0.2) is 110 Å². The molecule has 1 saturated heterocycles. The van der Waals surface area contributed by atoms with Crippen LogP contribution >= 0.6 is 0 Å². The number of aliphatic hydroxyl groups excluding tert-OH is 7. The van der Waals surface area contributed by atoms with Crippen LogP contribution in [0.4, 0.5) is 0 Å². The molecule has 1 aliphatic rings. The molecule has 1 fully saturated rings. The summed E-state index contributed by atoms with van der Waals surface area (Å²) in [6.45, 7) is 3.45. The Bertz CT molecular complexity index is 1000. The van der Waals surface area contributed by atoms with Gasteiger partial charge in [0.15, 0.2) is 6.29 Å². The lowest BCUT2D eigenvalue weighted by Gasteiger charge is -2.40. The van der Waals surface area contributed by atoms with Gasteiger partial charge in [-0.2, -0.15) is 0 Å². The van der Waals surface area contributed by atoms with Crippen LogP contribution in [-0.2, 0) is 14.3 Å². The van der Waals surface area contributed by atoms with E-state index in [4.69, 9.17) is 9.47 Å². The van der Waals surface area contributed by atoms with Gasteiger partial charge in [-0.1, -0.05) is 206 Å². The number of ether oxygens (including phenoxy) is 2. The second kappa shape index (κ2) is 40.4. The molecular weight excluding hydrogens is 775 g/mol. The van der Waals surface area contributed by atoms with Crippen LogP contribution in [0, 0.1) is 0 Å². The van der Waals surface area contributed by atoms with Gasteiger partial charge in [0.2, 0.25) is 5.91 Å². The maximum Gasteiger partial charge on any atom is 0.249 e. The SMILES string of the molecule is CCCCCCCC/C=C/CCCCCCCC[C@@H](O)C(=O)N[C@@H](CO[C@@H]1O[C@H](CO)[C@@H](O)[C@H](O)[C@H]1O)[C@H](O)[C@H](O)CCCCCCCCCCCCCCCCCCCC. The van der Waals surface area contributed by atoms with Crippen molar-refractivity contribution in [3.63, 3.8) is 0 Å². The summed E-state index contributed by atoms with van der Waals surface area (Å²) < 4.78 is 11.1. The van der Waals surface area contributed by atoms with E-state index in [9.17, 15) is 40.5 Å². The monoisotopic (exact) mass is 872 g/mol. The number of nitrogens with one attached hydrogen (secondary N) is 1. The standard InChI is InChI=1S/C50H97NO10/c1-3-5-7-9-11-13-15-17-19-21-22-24-25-27-29-31-33-35-37-42(53)45(55)41(40-60-50-48(58)47(57)46(56)44(39-52)61-50)51-49(59)43(54)38-36-34-32-30-28-26-23-20-18-16-14-12-10-8-6-4-2/h18,20,41-48,50,52-58H,3-17,19,21-40H2,1-2H3,(H,51,59)/b20-18+/t41-,42+,43+,44+,45-,46+,47-,48+,50+/m0/s1. The third kappa shape index (κ3) is 29.8. The van der Waals surface area contributed by atoms with Crippen LogP contribution in [0.25, 0.3) is 0 Å². The Morgan fingerprint density at radius 3 is 1.38 bits per heavy atom. The van der Waals surface area contributed by atoms with Gasteiger partial charge in [0.25, 0.3) is 0 Å². The zero-order valence-corrected chi connectivity index (χ0v) is 39.2. The molecule has 1 aliphatic heterocycles. The Labute approximate surface area is 372 Å². The van der Waals surface area contributed by atoms with E-state index in [-0.39, 0.29) is 6.42 Å². The summed E-state index contributed by atoms with van der Waals surface area (Å²) in [6.07, 6.45) is 32.5. The number of carbonyl (C=O) groups is 1. The molecule has 1 amide bonds. The molecular formula is C50H97NO10. The minimum absolute atomic E-state index is 0.255. The number of hydrogen-bond donors (Lipinski definition) is 8. The van der Waals surface area contributed by atoms with E-state index in [1.807, 2.05) is 0 Å². The fourth-order valence-corrected chi connectivity index (χ4v) is 8.32. The minimum atomic E-state index is -1.66. The fraction of sp³-hybridized carbons (Fsp3) is 0.940. The third-order valence-electron chi connectivity index (χ3n) is 12.6. The summed E-state index contributed by atoms with van der Waals surface area (Å²) in [6, 6.07) is -1.17. The molecule has 0 aromatic heterocycles. The minimum Gasteiger partial charge on any atom is -0.394 e. The van der Waals surface area contributed by atoms with Gasteiger partial charge >= 0.3 is 0 Å². The topological polar surface area (TPSA) is 189 Å². The smallest absolute Gasteiger partial charge is 0.249 e. The van der Waals surface area contributed by atoms with Crippen LogP contribution in [0.1, 0.15) is 232 Å². The normalized spacial score (nSPS) is 21.5. The van der Waals surface area contributed by atoms with E-state index in [1.54, 1.807) is 0 Å². The molecule has 1 heterocycles. The molecule has 9 atom stereocenters. The Morgan fingerprint density at radius 2 is 0.951 bits per heavy atom. The molecule has 0 unspecified atom stereocenters. The number of rotatable bonds is 43. The van der Waals surface area contributed by atoms with Gasteiger partial charge < -0.3 is 50.5 Å². The lowest BCUT2D eigenvalue weighted by Crippen LogP contribution is -2.60. The Balaban J connectivity index is 2.40. The maximum absolute atomic E-state index is 13.1. The molecule has 0 aromatic rings. The van der Waals surface area contributed by atoms with E-state index in [0.29, 0.717) is 19.3 Å². The van der Waals surface area contributed by atoms with Crippen LogP contribution in [0.2, 0.25) is 0 Å². The molecule has 0 saturated carbocycles. The second-order valence-corrected chi connectivity index (χ2v) is 18.2. The van der Waals surface area contributed by atoms with Gasteiger partial charge in [0.1, 0.15) is 36.6 Å². The summed E-state index contributed by atoms with van der Waals surface area (Å²) in [5, 5.41) is 75.9. The van der Waals surface area contributed by atoms with E-state index in [2.05, 4.69) is 31.3 Å². The summed E-state index contributed by atoms with van der Waals surface area (Å²) in [7, 11) is 0. The van der Waals surface area contributed by atoms with Crippen LogP contribution < -0.4 is 5.32 Å². The van der Waals surface area contributed by atoms with Gasteiger partial charge in [-0.3, -0.25) is 4.79 Å². The summed E-state index contributed by atoms with van der Waals surface area (Å²) in [5.74, 6) is -0.699. The summed E-state index contributed by atoms with van der Waals surface area (Å²) in [5.41, 5.74) is 0. The average molecular weight is 872 g/mol. The molecule has 11 heteroatoms. The Kier molecular flexibility index (Phi) is 38.3. The third-order valence-corrected chi connectivity index (χ3v) is 12.6. The zero-order chi connectivity index (χ0) is 44.8. The van der Waals surface area contributed by atoms with Crippen molar-refractivity contribution in [3.05, 3.63) is 12.2 Å². The lowest BCUT2D eigenvalue weighted by atomic mass is 9.98. The van der Waals surface area contributed by atoms with Crippen molar-refractivity contribution in [3.8, 4) is 0 Å². The molecule has 1 rings (SSSR count). The number of hydrogen-bond acceptors (Lipinski definition) is 10. The first-order valence-electron chi connectivity index (χ1n) is 25.6. The van der Waals surface area contributed by atoms with Crippen molar-refractivity contribution in [1.29, 1.82) is 0 Å². The quantitative estimate of drug-likeness (QED) is 0.0217. The number of aliphatic hydroxyl groups is 7. The van der Waals surface area contributed by atoms with Crippen molar-refractivity contribution in [2.75, 3.05) is 13.2 Å². The number of carbonyl (C=O) groups excluding carboxylic acids is 1. The lowest BCUT2D eigenvalue weighted by molar-refractivity contribution is -0.303. The Hall–Kier alpha value is -1.15. The molecule has 8 N–H and O–H groups in total. The first-order chi connectivity index (χ1) is 29.7. The van der Waals surface area contributed by atoms with Crippen LogP contribution in [0.15, 0.2) is 12.2 Å². The van der Waals surface area contributed by atoms with Crippen LogP contribution in [0.3, 0.4) is 0 Å². The van der Waals surface area contributed by atoms with Crippen LogP contribution in [0.5, 0.6) is 0 Å². The molecule has 0 spiro atoms. The van der Waals surface area contributed by atoms with Crippen molar-refractivity contribution in [2.24, 2.45) is 0 Å². The van der Waals surface area contributed by atoms with Crippen molar-refractivity contribution in [2.45, 2.75) is 287 Å². The highest BCUT2D eigenvalue weighted by atomic mass is 16.7. The molecule has 61 heavy (non-hydrogen) atoms. The van der Waals surface area contributed by atoms with Gasteiger partial charge in [-0.25, -0.2) is 0 Å². The molecule has 11 nitrogen and oxygen atoms in total. The number of amides is 1. The summed E-state index contributed by atoms with van der Waals surface area (Å²) >= 11 is 0. The molecule has 362 valence electrons. The van der Waals surface area contributed by atoms with Crippen molar-refractivity contribution >= 4 is 5.91 Å². The van der Waals surface area contributed by atoms with Gasteiger partial charge in [-0.15, -0.1) is 0 Å².